The van der Waals surface area contributed by atoms with Gasteiger partial charge < -0.3 is 10.1 Å². The van der Waals surface area contributed by atoms with Crippen molar-refractivity contribution in [2.45, 2.75) is 32.4 Å². The number of aryl methyl sites for hydroxylation is 1. The maximum absolute atomic E-state index is 13.5. The molecule has 0 bridgehead atoms. The van der Waals surface area contributed by atoms with Crippen molar-refractivity contribution in [3.63, 3.8) is 0 Å². The molecule has 1 aliphatic rings. The van der Waals surface area contributed by atoms with E-state index in [-0.39, 0.29) is 18.2 Å². The van der Waals surface area contributed by atoms with Gasteiger partial charge in [0.1, 0.15) is 11.8 Å². The van der Waals surface area contributed by atoms with E-state index in [0.717, 1.165) is 34.5 Å². The van der Waals surface area contributed by atoms with E-state index in [2.05, 4.69) is 12.2 Å². The normalized spacial score (nSPS) is 14.9. The van der Waals surface area contributed by atoms with Crippen molar-refractivity contribution in [1.29, 1.82) is 0 Å². The van der Waals surface area contributed by atoms with Gasteiger partial charge >= 0.3 is 0 Å². The number of nitrogens with zero attached hydrogens (tertiary/aromatic N) is 3. The number of hydrogen-bond donors (Lipinski definition) is 1. The summed E-state index contributed by atoms with van der Waals surface area (Å²) in [5, 5.41) is 2.93. The lowest BCUT2D eigenvalue weighted by molar-refractivity contribution is -0.124. The van der Waals surface area contributed by atoms with Gasteiger partial charge in [0.15, 0.2) is 0 Å². The molecule has 1 aromatic heterocycles. The average molecular weight is 455 g/mol. The Balaban J connectivity index is 1.42. The van der Waals surface area contributed by atoms with Crippen LogP contribution in [0.3, 0.4) is 0 Å². The number of carbonyl (C=O) groups excluding carboxylic acids is 2. The van der Waals surface area contributed by atoms with E-state index in [1.165, 1.54) is 5.56 Å². The van der Waals surface area contributed by atoms with Gasteiger partial charge in [0.25, 0.3) is 5.91 Å². The topological polar surface area (TPSA) is 76.5 Å². The molecule has 7 nitrogen and oxygen atoms in total. The van der Waals surface area contributed by atoms with Crippen molar-refractivity contribution >= 4 is 34.5 Å². The van der Waals surface area contributed by atoms with Crippen molar-refractivity contribution in [3.8, 4) is 5.75 Å². The maximum atomic E-state index is 13.5. The Hall–Kier alpha value is -4.13. The van der Waals surface area contributed by atoms with E-state index in [1.807, 2.05) is 77.4 Å². The lowest BCUT2D eigenvalue weighted by Crippen LogP contribution is -2.31. The number of ether oxygens (including phenoxy) is 1. The summed E-state index contributed by atoms with van der Waals surface area (Å²) < 4.78 is 7.13. The number of carbonyl (C=O) groups is 2. The van der Waals surface area contributed by atoms with Gasteiger partial charge in [-0.2, -0.15) is 0 Å². The van der Waals surface area contributed by atoms with Crippen molar-refractivity contribution in [1.82, 2.24) is 9.55 Å². The summed E-state index contributed by atoms with van der Waals surface area (Å²) in [7, 11) is 1.62. The van der Waals surface area contributed by atoms with Gasteiger partial charge in [0.05, 0.1) is 31.1 Å². The SMILES string of the molecule is CCc1ccc(NC(=O)C[C@@H]2C(=O)N(Cc3ccc(OC)cc3)c3nc4ccccc4n32)cc1. The van der Waals surface area contributed by atoms with E-state index < -0.39 is 6.04 Å². The Kier molecular flexibility index (Phi) is 5.76. The van der Waals surface area contributed by atoms with Gasteiger partial charge in [-0.15, -0.1) is 0 Å². The van der Waals surface area contributed by atoms with Gasteiger partial charge in [0, 0.05) is 5.69 Å². The molecule has 5 rings (SSSR count). The molecule has 34 heavy (non-hydrogen) atoms. The van der Waals surface area contributed by atoms with Crippen molar-refractivity contribution < 1.29 is 14.3 Å². The number of rotatable bonds is 7. The van der Waals surface area contributed by atoms with Gasteiger partial charge in [-0.3, -0.25) is 19.1 Å². The maximum Gasteiger partial charge on any atom is 0.253 e. The Labute approximate surface area is 198 Å². The van der Waals surface area contributed by atoms with Crippen LogP contribution in [0.25, 0.3) is 11.0 Å². The molecule has 0 aliphatic carbocycles. The number of amides is 2. The van der Waals surface area contributed by atoms with Crippen LogP contribution in [0.1, 0.15) is 30.5 Å². The minimum Gasteiger partial charge on any atom is -0.497 e. The third-order valence-electron chi connectivity index (χ3n) is 6.21. The minimum atomic E-state index is -0.657. The van der Waals surface area contributed by atoms with Crippen LogP contribution in [-0.2, 0) is 22.6 Å². The predicted octanol–water partition coefficient (Wildman–Crippen LogP) is 4.72. The van der Waals surface area contributed by atoms with Crippen LogP contribution in [-0.4, -0.2) is 28.5 Å². The number of aromatic nitrogens is 2. The third kappa shape index (κ3) is 4.01. The fourth-order valence-electron chi connectivity index (χ4n) is 4.37. The first-order valence-corrected chi connectivity index (χ1v) is 11.4. The number of imidazole rings is 1. The van der Waals surface area contributed by atoms with Crippen molar-refractivity contribution in [2.24, 2.45) is 0 Å². The van der Waals surface area contributed by atoms with E-state index in [4.69, 9.17) is 9.72 Å². The number of anilines is 2. The zero-order chi connectivity index (χ0) is 23.7. The number of nitrogens with one attached hydrogen (secondary N) is 1. The summed E-state index contributed by atoms with van der Waals surface area (Å²) in [6, 6.07) is 22.4. The lowest BCUT2D eigenvalue weighted by Gasteiger charge is -2.16. The number of hydrogen-bond acceptors (Lipinski definition) is 4. The van der Waals surface area contributed by atoms with Crippen molar-refractivity contribution in [3.05, 3.63) is 83.9 Å². The zero-order valence-corrected chi connectivity index (χ0v) is 19.2. The summed E-state index contributed by atoms with van der Waals surface area (Å²) >= 11 is 0. The standard InChI is InChI=1S/C27H26N4O3/c1-3-18-8-12-20(13-9-18)28-25(32)16-24-26(33)30(17-19-10-14-21(34-2)15-11-19)27-29-22-6-4-5-7-23(22)31(24)27/h4-15,24H,3,16-17H2,1-2H3,(H,28,32)/t24-/m1/s1. The summed E-state index contributed by atoms with van der Waals surface area (Å²) in [5.74, 6) is 0.968. The Morgan fingerprint density at radius 2 is 1.71 bits per heavy atom. The summed E-state index contributed by atoms with van der Waals surface area (Å²) in [6.07, 6.45) is 0.964. The summed E-state index contributed by atoms with van der Waals surface area (Å²) in [5.41, 5.74) is 4.51. The molecule has 0 unspecified atom stereocenters. The summed E-state index contributed by atoms with van der Waals surface area (Å²) in [4.78, 5) is 32.9. The van der Waals surface area contributed by atoms with Crippen LogP contribution < -0.4 is 15.0 Å². The Morgan fingerprint density at radius 3 is 2.41 bits per heavy atom. The molecule has 2 amide bonds. The highest BCUT2D eigenvalue weighted by Crippen LogP contribution is 2.37. The molecule has 172 valence electrons. The number of fused-ring (bicyclic) bond motifs is 3. The van der Waals surface area contributed by atoms with Crippen LogP contribution in [0.4, 0.5) is 11.6 Å². The molecule has 1 atom stereocenters. The lowest BCUT2D eigenvalue weighted by atomic mass is 10.1. The van der Waals surface area contributed by atoms with E-state index >= 15 is 0 Å². The van der Waals surface area contributed by atoms with Gasteiger partial charge in [-0.25, -0.2) is 4.98 Å². The fourth-order valence-corrected chi connectivity index (χ4v) is 4.37. The zero-order valence-electron chi connectivity index (χ0n) is 19.2. The van der Waals surface area contributed by atoms with Crippen LogP contribution in [0, 0.1) is 0 Å². The molecule has 0 radical (unpaired) electrons. The van der Waals surface area contributed by atoms with Gasteiger partial charge in [-0.05, 0) is 53.9 Å². The number of para-hydroxylation sites is 2. The second-order valence-corrected chi connectivity index (χ2v) is 8.36. The second kappa shape index (κ2) is 9.02. The van der Waals surface area contributed by atoms with Crippen molar-refractivity contribution in [2.75, 3.05) is 17.3 Å². The first-order valence-electron chi connectivity index (χ1n) is 11.4. The molecule has 4 aromatic rings. The van der Waals surface area contributed by atoms with E-state index in [9.17, 15) is 9.59 Å². The van der Waals surface area contributed by atoms with Gasteiger partial charge in [0.2, 0.25) is 11.9 Å². The first kappa shape index (κ1) is 21.7. The van der Waals surface area contributed by atoms with Gasteiger partial charge in [-0.1, -0.05) is 43.3 Å². The van der Waals surface area contributed by atoms with Crippen LogP contribution in [0.5, 0.6) is 5.75 Å². The Morgan fingerprint density at radius 1 is 1.00 bits per heavy atom. The molecular weight excluding hydrogens is 428 g/mol. The highest BCUT2D eigenvalue weighted by molar-refractivity contribution is 6.05. The summed E-state index contributed by atoms with van der Waals surface area (Å²) in [6.45, 7) is 2.45. The monoisotopic (exact) mass is 454 g/mol. The highest BCUT2D eigenvalue weighted by atomic mass is 16.5. The molecule has 1 aliphatic heterocycles. The molecular formula is C27H26N4O3. The predicted molar refractivity (Wildman–Crippen MR) is 132 cm³/mol. The molecule has 1 N–H and O–H groups in total. The molecule has 7 heteroatoms. The number of methoxy groups -OCH3 is 1. The van der Waals surface area contributed by atoms with Crippen LogP contribution in [0.2, 0.25) is 0 Å². The highest BCUT2D eigenvalue weighted by Gasteiger charge is 2.40. The first-order chi connectivity index (χ1) is 16.6. The quantitative estimate of drug-likeness (QED) is 0.438. The number of benzene rings is 3. The fraction of sp³-hybridized carbons (Fsp3) is 0.222. The van der Waals surface area contributed by atoms with E-state index in [1.54, 1.807) is 12.0 Å². The van der Waals surface area contributed by atoms with Crippen LogP contribution in [0.15, 0.2) is 72.8 Å². The molecule has 3 aromatic carbocycles. The van der Waals surface area contributed by atoms with Crippen LogP contribution >= 0.6 is 0 Å². The molecule has 0 fully saturated rings. The largest absolute Gasteiger partial charge is 0.497 e. The minimum absolute atomic E-state index is 0.0286. The third-order valence-corrected chi connectivity index (χ3v) is 6.21. The molecule has 0 saturated heterocycles. The molecule has 0 saturated carbocycles. The molecule has 2 heterocycles. The average Bonchev–Trinajstić information content (AvgIpc) is 3.35. The molecule has 0 spiro atoms. The Bertz CT molecular complexity index is 1340. The smallest absolute Gasteiger partial charge is 0.253 e. The second-order valence-electron chi connectivity index (χ2n) is 8.36. The van der Waals surface area contributed by atoms with E-state index in [0.29, 0.717) is 12.5 Å².